The summed E-state index contributed by atoms with van der Waals surface area (Å²) in [6.45, 7) is 1.43. The molecule has 2 aromatic carbocycles. The highest BCUT2D eigenvalue weighted by Gasteiger charge is 2.11. The maximum Gasteiger partial charge on any atom is 0.269 e. The predicted octanol–water partition coefficient (Wildman–Crippen LogP) is 3.63. The SMILES string of the molecule is CC(=O)c1cc(Oc2ccc(C(=O)NNC(=O)c3ccc4cc[nH]c4c3)cc2)ccn1. The molecule has 8 heteroatoms. The van der Waals surface area contributed by atoms with Gasteiger partial charge in [0.1, 0.15) is 17.2 Å². The Morgan fingerprint density at radius 1 is 0.839 bits per heavy atom. The summed E-state index contributed by atoms with van der Waals surface area (Å²) < 4.78 is 5.69. The number of nitrogens with one attached hydrogen (secondary N) is 3. The monoisotopic (exact) mass is 414 g/mol. The molecule has 154 valence electrons. The number of amides is 2. The van der Waals surface area contributed by atoms with Gasteiger partial charge in [-0.15, -0.1) is 0 Å². The van der Waals surface area contributed by atoms with E-state index in [0.717, 1.165) is 10.9 Å². The number of carbonyl (C=O) groups is 3. The summed E-state index contributed by atoms with van der Waals surface area (Å²) in [4.78, 5) is 43.0. The Labute approximate surface area is 177 Å². The van der Waals surface area contributed by atoms with Crippen LogP contribution in [0.15, 0.2) is 73.1 Å². The van der Waals surface area contributed by atoms with E-state index in [1.54, 1.807) is 54.7 Å². The lowest BCUT2D eigenvalue weighted by Crippen LogP contribution is -2.41. The third-order valence-electron chi connectivity index (χ3n) is 4.55. The number of carbonyl (C=O) groups excluding carboxylic acids is 3. The van der Waals surface area contributed by atoms with Crippen molar-refractivity contribution in [2.75, 3.05) is 0 Å². The molecule has 0 radical (unpaired) electrons. The van der Waals surface area contributed by atoms with Crippen LogP contribution in [0.5, 0.6) is 11.5 Å². The Bertz CT molecular complexity index is 1280. The maximum atomic E-state index is 12.3. The molecule has 0 atom stereocenters. The van der Waals surface area contributed by atoms with Gasteiger partial charge >= 0.3 is 0 Å². The Kier molecular flexibility index (Phi) is 5.44. The first-order valence-corrected chi connectivity index (χ1v) is 9.42. The molecule has 2 aromatic heterocycles. The fourth-order valence-electron chi connectivity index (χ4n) is 2.92. The number of H-pyrrole nitrogens is 1. The smallest absolute Gasteiger partial charge is 0.269 e. The lowest BCUT2D eigenvalue weighted by atomic mass is 10.1. The zero-order valence-electron chi connectivity index (χ0n) is 16.5. The molecule has 0 fully saturated rings. The Hall–Kier alpha value is -4.46. The van der Waals surface area contributed by atoms with Crippen LogP contribution in [0.25, 0.3) is 10.9 Å². The van der Waals surface area contributed by atoms with Crippen molar-refractivity contribution in [3.05, 3.63) is 89.9 Å². The van der Waals surface area contributed by atoms with Crippen molar-refractivity contribution in [3.8, 4) is 11.5 Å². The van der Waals surface area contributed by atoms with E-state index in [0.29, 0.717) is 28.3 Å². The van der Waals surface area contributed by atoms with E-state index in [-0.39, 0.29) is 5.78 Å². The van der Waals surface area contributed by atoms with Crippen molar-refractivity contribution in [1.82, 2.24) is 20.8 Å². The van der Waals surface area contributed by atoms with Gasteiger partial charge in [0, 0.05) is 42.0 Å². The number of hydrogen-bond donors (Lipinski definition) is 3. The van der Waals surface area contributed by atoms with Crippen molar-refractivity contribution in [2.24, 2.45) is 0 Å². The largest absolute Gasteiger partial charge is 0.457 e. The van der Waals surface area contributed by atoms with Crippen LogP contribution in [-0.4, -0.2) is 27.6 Å². The second-order valence-corrected chi connectivity index (χ2v) is 6.75. The molecule has 4 aromatic rings. The zero-order valence-corrected chi connectivity index (χ0v) is 16.5. The van der Waals surface area contributed by atoms with Crippen LogP contribution in [0.1, 0.15) is 38.1 Å². The predicted molar refractivity (Wildman–Crippen MR) is 114 cm³/mol. The van der Waals surface area contributed by atoms with E-state index in [1.165, 1.54) is 13.1 Å². The van der Waals surface area contributed by atoms with Crippen LogP contribution in [-0.2, 0) is 0 Å². The van der Waals surface area contributed by atoms with E-state index in [4.69, 9.17) is 4.74 Å². The summed E-state index contributed by atoms with van der Waals surface area (Å²) in [6.07, 6.45) is 3.28. The molecule has 4 rings (SSSR count). The first-order chi connectivity index (χ1) is 15.0. The molecule has 2 amide bonds. The highest BCUT2D eigenvalue weighted by atomic mass is 16.5. The number of ketones is 1. The number of hydrogen-bond acceptors (Lipinski definition) is 5. The Balaban J connectivity index is 1.36. The molecule has 2 heterocycles. The highest BCUT2D eigenvalue weighted by Crippen LogP contribution is 2.22. The van der Waals surface area contributed by atoms with Crippen LogP contribution in [0, 0.1) is 0 Å². The minimum absolute atomic E-state index is 0.160. The van der Waals surface area contributed by atoms with Gasteiger partial charge in [0.05, 0.1) is 0 Å². The Morgan fingerprint density at radius 2 is 1.55 bits per heavy atom. The van der Waals surface area contributed by atoms with Gasteiger partial charge in [0.15, 0.2) is 5.78 Å². The van der Waals surface area contributed by atoms with E-state index in [1.807, 2.05) is 12.1 Å². The molecule has 0 spiro atoms. The molecule has 8 nitrogen and oxygen atoms in total. The number of nitrogens with zero attached hydrogens (tertiary/aromatic N) is 1. The molecule has 3 N–H and O–H groups in total. The molecule has 31 heavy (non-hydrogen) atoms. The minimum atomic E-state index is -0.469. The van der Waals surface area contributed by atoms with E-state index >= 15 is 0 Å². The molecule has 0 aliphatic heterocycles. The van der Waals surface area contributed by atoms with Gasteiger partial charge < -0.3 is 9.72 Å². The summed E-state index contributed by atoms with van der Waals surface area (Å²) >= 11 is 0. The quantitative estimate of drug-likeness (QED) is 0.341. The zero-order chi connectivity index (χ0) is 21.8. The summed E-state index contributed by atoms with van der Waals surface area (Å²) in [5, 5.41) is 0.993. The molecule has 0 saturated carbocycles. The molecular formula is C23H18N4O4. The number of rotatable bonds is 5. The third kappa shape index (κ3) is 4.59. The van der Waals surface area contributed by atoms with Crippen molar-refractivity contribution in [1.29, 1.82) is 0 Å². The third-order valence-corrected chi connectivity index (χ3v) is 4.55. The van der Waals surface area contributed by atoms with Crippen LogP contribution in [0.4, 0.5) is 0 Å². The second kappa shape index (κ2) is 8.50. The van der Waals surface area contributed by atoms with Gasteiger partial charge in [-0.2, -0.15) is 0 Å². The second-order valence-electron chi connectivity index (χ2n) is 6.75. The molecular weight excluding hydrogens is 396 g/mol. The van der Waals surface area contributed by atoms with Gasteiger partial charge in [-0.05, 0) is 53.9 Å². The summed E-state index contributed by atoms with van der Waals surface area (Å²) in [6, 6.07) is 16.7. The number of hydrazine groups is 1. The van der Waals surface area contributed by atoms with Gasteiger partial charge in [-0.1, -0.05) is 6.07 Å². The van der Waals surface area contributed by atoms with Crippen LogP contribution < -0.4 is 15.6 Å². The number of Topliss-reactive ketones (excluding diaryl/α,β-unsaturated/α-hetero) is 1. The van der Waals surface area contributed by atoms with Gasteiger partial charge in [-0.25, -0.2) is 0 Å². The summed E-state index contributed by atoms with van der Waals surface area (Å²) in [7, 11) is 0. The number of fused-ring (bicyclic) bond motifs is 1. The Morgan fingerprint density at radius 3 is 2.29 bits per heavy atom. The van der Waals surface area contributed by atoms with Gasteiger partial charge in [0.25, 0.3) is 11.8 Å². The molecule has 0 bridgehead atoms. The minimum Gasteiger partial charge on any atom is -0.457 e. The van der Waals surface area contributed by atoms with Crippen molar-refractivity contribution in [2.45, 2.75) is 6.92 Å². The van der Waals surface area contributed by atoms with Gasteiger partial charge in [-0.3, -0.25) is 30.2 Å². The number of ether oxygens (including phenoxy) is 1. The average Bonchev–Trinajstić information content (AvgIpc) is 3.26. The molecule has 0 unspecified atom stereocenters. The van der Waals surface area contributed by atoms with E-state index in [9.17, 15) is 14.4 Å². The normalized spacial score (nSPS) is 10.5. The number of pyridine rings is 1. The lowest BCUT2D eigenvalue weighted by molar-refractivity contribution is 0.0846. The standard InChI is InChI=1S/C23H18N4O4/c1-14(28)20-13-19(9-11-24-20)31-18-6-4-16(5-7-18)22(29)26-27-23(30)17-3-2-15-8-10-25-21(15)12-17/h2-13,25H,1H3,(H,26,29)(H,27,30). The van der Waals surface area contributed by atoms with E-state index < -0.39 is 11.8 Å². The highest BCUT2D eigenvalue weighted by molar-refractivity contribution is 6.00. The maximum absolute atomic E-state index is 12.3. The topological polar surface area (TPSA) is 113 Å². The summed E-state index contributed by atoms with van der Waals surface area (Å²) in [5.41, 5.74) is 6.69. The lowest BCUT2D eigenvalue weighted by Gasteiger charge is -2.09. The molecule has 0 aliphatic carbocycles. The van der Waals surface area contributed by atoms with Crippen LogP contribution >= 0.6 is 0 Å². The fourth-order valence-corrected chi connectivity index (χ4v) is 2.92. The number of aromatic nitrogens is 2. The first kappa shape index (κ1) is 19.8. The van der Waals surface area contributed by atoms with Crippen LogP contribution in [0.3, 0.4) is 0 Å². The van der Waals surface area contributed by atoms with Crippen molar-refractivity contribution >= 4 is 28.5 Å². The summed E-state index contributed by atoms with van der Waals surface area (Å²) in [5.74, 6) is -0.107. The van der Waals surface area contributed by atoms with Crippen molar-refractivity contribution < 1.29 is 19.1 Å². The van der Waals surface area contributed by atoms with Gasteiger partial charge in [0.2, 0.25) is 0 Å². The number of benzene rings is 2. The van der Waals surface area contributed by atoms with Crippen molar-refractivity contribution in [3.63, 3.8) is 0 Å². The number of aromatic amines is 1. The van der Waals surface area contributed by atoms with Crippen LogP contribution in [0.2, 0.25) is 0 Å². The average molecular weight is 414 g/mol. The fraction of sp³-hybridized carbons (Fsp3) is 0.0435. The van der Waals surface area contributed by atoms with E-state index in [2.05, 4.69) is 20.8 Å². The first-order valence-electron chi connectivity index (χ1n) is 9.42. The molecule has 0 saturated heterocycles. The molecule has 0 aliphatic rings.